The summed E-state index contributed by atoms with van der Waals surface area (Å²) in [7, 11) is -0.245. The Bertz CT molecular complexity index is 396. The fourth-order valence-corrected chi connectivity index (χ4v) is 2.29. The second kappa shape index (κ2) is 6.76. The van der Waals surface area contributed by atoms with Gasteiger partial charge in [-0.3, -0.25) is 9.59 Å². The summed E-state index contributed by atoms with van der Waals surface area (Å²) in [6.45, 7) is 9.97. The predicted octanol–water partition coefficient (Wildman–Crippen LogP) is 2.55. The third-order valence-corrected chi connectivity index (χ3v) is 3.67. The van der Waals surface area contributed by atoms with Crippen LogP contribution in [0.15, 0.2) is 0 Å². The minimum atomic E-state index is -1.54. The minimum Gasteiger partial charge on any atom is -0.481 e. The van der Waals surface area contributed by atoms with Crippen molar-refractivity contribution in [3.63, 3.8) is 0 Å². The SMILES string of the molecule is COC(=O)CC[C@H](C(=O)O)C(C)(C)C#C[Si](C)(C)C. The van der Waals surface area contributed by atoms with Crippen LogP contribution in [0.25, 0.3) is 0 Å². The smallest absolute Gasteiger partial charge is 0.308 e. The lowest BCUT2D eigenvalue weighted by Gasteiger charge is -2.26. The Morgan fingerprint density at radius 1 is 1.32 bits per heavy atom. The highest BCUT2D eigenvalue weighted by molar-refractivity contribution is 6.83. The largest absolute Gasteiger partial charge is 0.481 e. The first-order chi connectivity index (χ1) is 8.49. The summed E-state index contributed by atoms with van der Waals surface area (Å²) >= 11 is 0. The summed E-state index contributed by atoms with van der Waals surface area (Å²) < 4.78 is 4.55. The predicted molar refractivity (Wildman–Crippen MR) is 77.3 cm³/mol. The maximum absolute atomic E-state index is 11.4. The second-order valence-corrected chi connectivity index (χ2v) is 11.0. The number of carboxylic acid groups (broad SMARTS) is 1. The highest BCUT2D eigenvalue weighted by Gasteiger charge is 2.34. The van der Waals surface area contributed by atoms with Crippen molar-refractivity contribution < 1.29 is 19.4 Å². The van der Waals surface area contributed by atoms with Gasteiger partial charge in [0.2, 0.25) is 0 Å². The van der Waals surface area contributed by atoms with E-state index in [1.807, 2.05) is 13.8 Å². The van der Waals surface area contributed by atoms with Crippen LogP contribution < -0.4 is 0 Å². The molecule has 0 saturated carbocycles. The standard InChI is InChI=1S/C14H24O4Si/c1-14(2,9-10-19(4,5)6)11(13(16)17)7-8-12(15)18-3/h11H,7-8H2,1-6H3,(H,16,17)/t11-/m1/s1. The van der Waals surface area contributed by atoms with Gasteiger partial charge in [0.1, 0.15) is 8.07 Å². The number of carbonyl (C=O) groups excluding carboxylic acids is 1. The van der Waals surface area contributed by atoms with Crippen LogP contribution in [0.3, 0.4) is 0 Å². The Morgan fingerprint density at radius 3 is 2.21 bits per heavy atom. The molecule has 5 heteroatoms. The van der Waals surface area contributed by atoms with E-state index in [4.69, 9.17) is 0 Å². The topological polar surface area (TPSA) is 63.6 Å². The first-order valence-corrected chi connectivity index (χ1v) is 9.83. The van der Waals surface area contributed by atoms with Gasteiger partial charge in [0.05, 0.1) is 13.0 Å². The fraction of sp³-hybridized carbons (Fsp3) is 0.714. The Hall–Kier alpha value is -1.28. The Morgan fingerprint density at radius 2 is 1.84 bits per heavy atom. The minimum absolute atomic E-state index is 0.103. The molecular weight excluding hydrogens is 260 g/mol. The Labute approximate surface area is 116 Å². The Balaban J connectivity index is 4.99. The van der Waals surface area contributed by atoms with E-state index in [1.54, 1.807) is 0 Å². The molecule has 108 valence electrons. The van der Waals surface area contributed by atoms with E-state index >= 15 is 0 Å². The first-order valence-electron chi connectivity index (χ1n) is 6.33. The zero-order valence-electron chi connectivity index (χ0n) is 12.7. The molecule has 0 amide bonds. The molecule has 1 N–H and O–H groups in total. The lowest BCUT2D eigenvalue weighted by atomic mass is 9.77. The van der Waals surface area contributed by atoms with Gasteiger partial charge in [0.25, 0.3) is 0 Å². The number of aliphatic carboxylic acids is 1. The second-order valence-electron chi connectivity index (χ2n) is 6.23. The lowest BCUT2D eigenvalue weighted by Crippen LogP contribution is -2.31. The van der Waals surface area contributed by atoms with E-state index in [0.29, 0.717) is 0 Å². The molecule has 19 heavy (non-hydrogen) atoms. The van der Waals surface area contributed by atoms with Gasteiger partial charge >= 0.3 is 11.9 Å². The van der Waals surface area contributed by atoms with E-state index in [-0.39, 0.29) is 18.8 Å². The van der Waals surface area contributed by atoms with E-state index in [0.717, 1.165) is 0 Å². The molecule has 0 aliphatic carbocycles. The van der Waals surface area contributed by atoms with E-state index in [9.17, 15) is 14.7 Å². The molecule has 0 aromatic rings. The van der Waals surface area contributed by atoms with Crippen molar-refractivity contribution in [1.29, 1.82) is 0 Å². The van der Waals surface area contributed by atoms with Crippen LogP contribution >= 0.6 is 0 Å². The molecule has 0 radical (unpaired) electrons. The van der Waals surface area contributed by atoms with Crippen molar-refractivity contribution in [1.82, 2.24) is 0 Å². The van der Waals surface area contributed by atoms with Gasteiger partial charge in [0.15, 0.2) is 0 Å². The van der Waals surface area contributed by atoms with Crippen molar-refractivity contribution in [2.45, 2.75) is 46.3 Å². The zero-order valence-corrected chi connectivity index (χ0v) is 13.7. The molecule has 0 unspecified atom stereocenters. The highest BCUT2D eigenvalue weighted by atomic mass is 28.3. The van der Waals surface area contributed by atoms with Crippen LogP contribution in [0.1, 0.15) is 26.7 Å². The van der Waals surface area contributed by atoms with Crippen LogP contribution in [0, 0.1) is 22.8 Å². The summed E-state index contributed by atoms with van der Waals surface area (Å²) in [5.74, 6) is 1.12. The lowest BCUT2D eigenvalue weighted by molar-refractivity contribution is -0.146. The van der Waals surface area contributed by atoms with Crippen molar-refractivity contribution in [3.05, 3.63) is 0 Å². The number of rotatable bonds is 5. The molecule has 0 aromatic heterocycles. The molecule has 0 saturated heterocycles. The number of methoxy groups -OCH3 is 1. The summed E-state index contributed by atoms with van der Waals surface area (Å²) in [4.78, 5) is 22.5. The van der Waals surface area contributed by atoms with Crippen LogP contribution in [-0.4, -0.2) is 32.2 Å². The average Bonchev–Trinajstić information content (AvgIpc) is 2.24. The summed E-state index contributed by atoms with van der Waals surface area (Å²) in [6, 6.07) is 0. The summed E-state index contributed by atoms with van der Waals surface area (Å²) in [5.41, 5.74) is 2.56. The number of ether oxygens (including phenoxy) is 1. The number of hydrogen-bond donors (Lipinski definition) is 1. The Kier molecular flexibility index (Phi) is 6.30. The van der Waals surface area contributed by atoms with Crippen molar-refractivity contribution in [3.8, 4) is 11.5 Å². The van der Waals surface area contributed by atoms with E-state index in [2.05, 4.69) is 35.8 Å². The first kappa shape index (κ1) is 17.7. The highest BCUT2D eigenvalue weighted by Crippen LogP contribution is 2.30. The van der Waals surface area contributed by atoms with Gasteiger partial charge in [-0.2, -0.15) is 0 Å². The van der Waals surface area contributed by atoms with Gasteiger partial charge < -0.3 is 9.84 Å². The third kappa shape index (κ3) is 7.02. The molecular formula is C14H24O4Si. The molecule has 0 heterocycles. The molecule has 4 nitrogen and oxygen atoms in total. The number of carbonyl (C=O) groups is 2. The average molecular weight is 284 g/mol. The van der Waals surface area contributed by atoms with Gasteiger partial charge in [-0.15, -0.1) is 11.5 Å². The monoisotopic (exact) mass is 284 g/mol. The third-order valence-electron chi connectivity index (χ3n) is 2.79. The van der Waals surface area contributed by atoms with Gasteiger partial charge in [-0.25, -0.2) is 0 Å². The molecule has 0 bridgehead atoms. The fourth-order valence-electron chi connectivity index (χ4n) is 1.59. The number of esters is 1. The normalized spacial score (nSPS) is 13.2. The van der Waals surface area contributed by atoms with Crippen LogP contribution in [-0.2, 0) is 14.3 Å². The number of hydrogen-bond acceptors (Lipinski definition) is 3. The van der Waals surface area contributed by atoms with Gasteiger partial charge in [-0.05, 0) is 20.3 Å². The maximum atomic E-state index is 11.4. The molecule has 0 aliphatic rings. The molecule has 0 aliphatic heterocycles. The zero-order chi connectivity index (χ0) is 15.3. The van der Waals surface area contributed by atoms with Crippen molar-refractivity contribution in [2.75, 3.05) is 7.11 Å². The van der Waals surface area contributed by atoms with Crippen LogP contribution in [0.2, 0.25) is 19.6 Å². The molecule has 0 spiro atoms. The van der Waals surface area contributed by atoms with Crippen LogP contribution in [0.4, 0.5) is 0 Å². The van der Waals surface area contributed by atoms with E-state index < -0.39 is 25.4 Å². The molecule has 0 aromatic carbocycles. The van der Waals surface area contributed by atoms with Crippen LogP contribution in [0.5, 0.6) is 0 Å². The van der Waals surface area contributed by atoms with Gasteiger partial charge in [-0.1, -0.05) is 19.6 Å². The van der Waals surface area contributed by atoms with Gasteiger partial charge in [0, 0.05) is 11.8 Å². The number of carboxylic acids is 1. The van der Waals surface area contributed by atoms with E-state index in [1.165, 1.54) is 7.11 Å². The molecule has 1 atom stereocenters. The maximum Gasteiger partial charge on any atom is 0.308 e. The summed E-state index contributed by atoms with van der Waals surface area (Å²) in [6.07, 6.45) is 0.348. The molecule has 0 fully saturated rings. The van der Waals surface area contributed by atoms with Crippen molar-refractivity contribution in [2.24, 2.45) is 11.3 Å². The molecule has 0 rings (SSSR count). The van der Waals surface area contributed by atoms with Crippen molar-refractivity contribution >= 4 is 20.0 Å². The quantitative estimate of drug-likeness (QED) is 0.479. The summed E-state index contributed by atoms with van der Waals surface area (Å²) in [5, 5.41) is 9.32.